The number of nitrogens with zero attached hydrogens (tertiary/aromatic N) is 2. The molecule has 1 fully saturated rings. The second-order valence-electron chi connectivity index (χ2n) is 3.65. The van der Waals surface area contributed by atoms with Crippen molar-refractivity contribution in [3.05, 3.63) is 21.8 Å². The Morgan fingerprint density at radius 1 is 1.53 bits per heavy atom. The Hall–Kier alpha value is -0.760. The van der Waals surface area contributed by atoms with Gasteiger partial charge in [0, 0.05) is 22.9 Å². The van der Waals surface area contributed by atoms with Gasteiger partial charge in [-0.25, -0.2) is 0 Å². The Labute approximate surface area is 110 Å². The number of nitrogens with one attached hydrogen (secondary N) is 1. The van der Waals surface area contributed by atoms with Crippen LogP contribution >= 0.6 is 27.3 Å². The monoisotopic (exact) mass is 315 g/mol. The highest BCUT2D eigenvalue weighted by Crippen LogP contribution is 2.29. The summed E-state index contributed by atoms with van der Waals surface area (Å²) in [5.41, 5.74) is 0. The van der Waals surface area contributed by atoms with Crippen LogP contribution in [0.25, 0.3) is 10.7 Å². The first-order valence-electron chi connectivity index (χ1n) is 5.23. The molecule has 0 aliphatic carbocycles. The van der Waals surface area contributed by atoms with Gasteiger partial charge in [-0.05, 0) is 22.0 Å². The van der Waals surface area contributed by atoms with Gasteiger partial charge in [-0.2, -0.15) is 4.98 Å². The average molecular weight is 316 g/mol. The smallest absolute Gasteiger partial charge is 0.257 e. The fourth-order valence-electron chi connectivity index (χ4n) is 1.62. The van der Waals surface area contributed by atoms with E-state index in [-0.39, 0.29) is 6.10 Å². The molecule has 1 saturated heterocycles. The predicted molar refractivity (Wildman–Crippen MR) is 66.9 cm³/mol. The van der Waals surface area contributed by atoms with E-state index in [9.17, 15) is 0 Å². The van der Waals surface area contributed by atoms with Gasteiger partial charge in [-0.1, -0.05) is 5.16 Å². The largest absolute Gasteiger partial charge is 0.366 e. The highest BCUT2D eigenvalue weighted by molar-refractivity contribution is 9.10. The summed E-state index contributed by atoms with van der Waals surface area (Å²) in [6.45, 7) is 2.26. The van der Waals surface area contributed by atoms with Crippen LogP contribution < -0.4 is 5.32 Å². The zero-order valence-corrected chi connectivity index (χ0v) is 11.3. The highest BCUT2D eigenvalue weighted by Gasteiger charge is 2.22. The molecule has 1 N–H and O–H groups in total. The molecule has 5 nitrogen and oxygen atoms in total. The Balaban J connectivity index is 1.82. The number of thiophene rings is 1. The third-order valence-corrected chi connectivity index (χ3v) is 4.12. The van der Waals surface area contributed by atoms with E-state index in [0.29, 0.717) is 18.3 Å². The van der Waals surface area contributed by atoms with E-state index < -0.39 is 0 Å². The van der Waals surface area contributed by atoms with Gasteiger partial charge in [0.25, 0.3) is 5.89 Å². The van der Waals surface area contributed by atoms with Crippen LogP contribution in [0.2, 0.25) is 0 Å². The maximum absolute atomic E-state index is 5.55. The molecule has 3 heterocycles. The van der Waals surface area contributed by atoms with Gasteiger partial charge in [0.1, 0.15) is 6.10 Å². The van der Waals surface area contributed by atoms with Crippen molar-refractivity contribution in [3.8, 4) is 10.7 Å². The third-order valence-electron chi connectivity index (χ3n) is 2.43. The van der Waals surface area contributed by atoms with Crippen LogP contribution in [-0.2, 0) is 4.74 Å². The standard InChI is InChI=1S/C10H10BrN3O2S/c11-6-3-8(17-5-6)9-13-10(16-14-9)7-4-12-1-2-15-7/h3,5,7,12H,1-2,4H2/t7-/m0/s1. The minimum Gasteiger partial charge on any atom is -0.366 e. The summed E-state index contributed by atoms with van der Waals surface area (Å²) in [6.07, 6.45) is -0.131. The minimum atomic E-state index is -0.131. The van der Waals surface area contributed by atoms with Crippen LogP contribution in [-0.4, -0.2) is 29.8 Å². The molecule has 0 aromatic carbocycles. The molecule has 2 aromatic heterocycles. The lowest BCUT2D eigenvalue weighted by atomic mass is 10.3. The summed E-state index contributed by atoms with van der Waals surface area (Å²) in [4.78, 5) is 5.35. The van der Waals surface area contributed by atoms with Crippen molar-refractivity contribution in [2.45, 2.75) is 6.10 Å². The lowest BCUT2D eigenvalue weighted by Crippen LogP contribution is -2.33. The van der Waals surface area contributed by atoms with Gasteiger partial charge >= 0.3 is 0 Å². The molecule has 1 atom stereocenters. The topological polar surface area (TPSA) is 60.2 Å². The molecule has 0 unspecified atom stereocenters. The molecule has 1 aliphatic heterocycles. The predicted octanol–water partition coefficient (Wildman–Crippen LogP) is 2.22. The summed E-state index contributed by atoms with van der Waals surface area (Å²) in [5, 5.41) is 9.19. The van der Waals surface area contributed by atoms with E-state index >= 15 is 0 Å². The summed E-state index contributed by atoms with van der Waals surface area (Å²) in [7, 11) is 0. The van der Waals surface area contributed by atoms with Crippen molar-refractivity contribution in [2.24, 2.45) is 0 Å². The number of ether oxygens (including phenoxy) is 1. The molecule has 2 aromatic rings. The van der Waals surface area contributed by atoms with Crippen LogP contribution in [0.1, 0.15) is 12.0 Å². The summed E-state index contributed by atoms with van der Waals surface area (Å²) in [6, 6.07) is 1.97. The molecule has 0 radical (unpaired) electrons. The summed E-state index contributed by atoms with van der Waals surface area (Å²) < 4.78 is 11.8. The first-order valence-corrected chi connectivity index (χ1v) is 6.90. The molecule has 0 amide bonds. The van der Waals surface area contributed by atoms with Crippen molar-refractivity contribution < 1.29 is 9.26 Å². The molecule has 0 saturated carbocycles. The molecular formula is C10H10BrN3O2S. The molecule has 1 aliphatic rings. The maximum atomic E-state index is 5.55. The lowest BCUT2D eigenvalue weighted by molar-refractivity contribution is 0.00755. The third kappa shape index (κ3) is 2.42. The Morgan fingerprint density at radius 2 is 2.47 bits per heavy atom. The number of hydrogen-bond donors (Lipinski definition) is 1. The molecule has 0 spiro atoms. The van der Waals surface area contributed by atoms with Crippen LogP contribution in [0.4, 0.5) is 0 Å². The van der Waals surface area contributed by atoms with E-state index in [0.717, 1.165) is 22.4 Å². The van der Waals surface area contributed by atoms with E-state index in [1.807, 2.05) is 11.4 Å². The molecule has 90 valence electrons. The molecule has 7 heteroatoms. The fourth-order valence-corrected chi connectivity index (χ4v) is 2.97. The number of halogens is 1. The summed E-state index contributed by atoms with van der Waals surface area (Å²) in [5.74, 6) is 1.15. The molecule has 0 bridgehead atoms. The average Bonchev–Trinajstić information content (AvgIpc) is 2.98. The van der Waals surface area contributed by atoms with Crippen molar-refractivity contribution in [1.82, 2.24) is 15.5 Å². The SMILES string of the molecule is Brc1csc(-c2noc([C@@H]3CNCCO3)n2)c1. The van der Waals surface area contributed by atoms with E-state index in [4.69, 9.17) is 9.26 Å². The van der Waals surface area contributed by atoms with Crippen LogP contribution in [0, 0.1) is 0 Å². The molecule has 17 heavy (non-hydrogen) atoms. The minimum absolute atomic E-state index is 0.131. The lowest BCUT2D eigenvalue weighted by Gasteiger charge is -2.19. The van der Waals surface area contributed by atoms with Crippen LogP contribution in [0.3, 0.4) is 0 Å². The van der Waals surface area contributed by atoms with Crippen molar-refractivity contribution in [1.29, 1.82) is 0 Å². The van der Waals surface area contributed by atoms with E-state index in [1.165, 1.54) is 0 Å². The molecule has 3 rings (SSSR count). The van der Waals surface area contributed by atoms with E-state index in [1.54, 1.807) is 11.3 Å². The van der Waals surface area contributed by atoms with Crippen molar-refractivity contribution >= 4 is 27.3 Å². The van der Waals surface area contributed by atoms with Gasteiger partial charge in [-0.3, -0.25) is 0 Å². The van der Waals surface area contributed by atoms with Gasteiger partial charge in [0.05, 0.1) is 11.5 Å². The van der Waals surface area contributed by atoms with Crippen LogP contribution in [0.5, 0.6) is 0 Å². The number of hydrogen-bond acceptors (Lipinski definition) is 6. The first kappa shape index (κ1) is 11.3. The van der Waals surface area contributed by atoms with Gasteiger partial charge < -0.3 is 14.6 Å². The van der Waals surface area contributed by atoms with Gasteiger partial charge in [0.2, 0.25) is 5.82 Å². The van der Waals surface area contributed by atoms with Gasteiger partial charge in [-0.15, -0.1) is 11.3 Å². The first-order chi connectivity index (χ1) is 8.33. The Bertz CT molecular complexity index is 507. The second-order valence-corrected chi connectivity index (χ2v) is 5.48. The zero-order valence-electron chi connectivity index (χ0n) is 8.85. The highest BCUT2D eigenvalue weighted by atomic mass is 79.9. The zero-order chi connectivity index (χ0) is 11.7. The summed E-state index contributed by atoms with van der Waals surface area (Å²) >= 11 is 4.98. The van der Waals surface area contributed by atoms with Crippen molar-refractivity contribution in [2.75, 3.05) is 19.7 Å². The number of aromatic nitrogens is 2. The normalized spacial score (nSPS) is 20.6. The van der Waals surface area contributed by atoms with Crippen LogP contribution in [0.15, 0.2) is 20.4 Å². The fraction of sp³-hybridized carbons (Fsp3) is 0.400. The van der Waals surface area contributed by atoms with Crippen molar-refractivity contribution in [3.63, 3.8) is 0 Å². The molecular weight excluding hydrogens is 306 g/mol. The maximum Gasteiger partial charge on any atom is 0.257 e. The second kappa shape index (κ2) is 4.85. The number of morpholine rings is 1. The van der Waals surface area contributed by atoms with E-state index in [2.05, 4.69) is 31.4 Å². The quantitative estimate of drug-likeness (QED) is 0.920. The Morgan fingerprint density at radius 3 is 3.18 bits per heavy atom. The van der Waals surface area contributed by atoms with Gasteiger partial charge in [0.15, 0.2) is 0 Å². The number of rotatable bonds is 2. The Kier molecular flexibility index (Phi) is 3.24.